The van der Waals surface area contributed by atoms with Gasteiger partial charge in [-0.15, -0.1) is 0 Å². The molecular formula is C16H16F3N3O. The van der Waals surface area contributed by atoms with E-state index in [9.17, 15) is 18.0 Å². The van der Waals surface area contributed by atoms with Crippen LogP contribution in [-0.2, 0) is 12.6 Å². The summed E-state index contributed by atoms with van der Waals surface area (Å²) in [5, 5.41) is 2.54. The molecule has 0 saturated carbocycles. The minimum atomic E-state index is -4.75. The van der Waals surface area contributed by atoms with Gasteiger partial charge < -0.3 is 11.1 Å². The smallest absolute Gasteiger partial charge is 0.398 e. The van der Waals surface area contributed by atoms with Crippen LogP contribution in [0.1, 0.15) is 28.5 Å². The van der Waals surface area contributed by atoms with Gasteiger partial charge in [-0.2, -0.15) is 13.2 Å². The summed E-state index contributed by atoms with van der Waals surface area (Å²) in [5.41, 5.74) is 4.35. The number of hydrogen-bond acceptors (Lipinski definition) is 3. The van der Waals surface area contributed by atoms with Crippen molar-refractivity contribution in [1.82, 2.24) is 10.3 Å². The van der Waals surface area contributed by atoms with E-state index in [2.05, 4.69) is 10.3 Å². The number of nitrogens with one attached hydrogen (secondary N) is 1. The van der Waals surface area contributed by atoms with Crippen LogP contribution < -0.4 is 11.1 Å². The van der Waals surface area contributed by atoms with Crippen molar-refractivity contribution in [1.29, 1.82) is 0 Å². The van der Waals surface area contributed by atoms with Crippen LogP contribution in [0.5, 0.6) is 0 Å². The Bertz CT molecular complexity index is 687. The number of halogens is 3. The zero-order chi connectivity index (χ0) is 17.0. The third-order valence-electron chi connectivity index (χ3n) is 3.24. The number of rotatable bonds is 4. The molecule has 0 spiro atoms. The van der Waals surface area contributed by atoms with E-state index in [0.717, 1.165) is 11.8 Å². The van der Waals surface area contributed by atoms with Crippen LogP contribution in [0.25, 0.3) is 0 Å². The van der Waals surface area contributed by atoms with E-state index in [4.69, 9.17) is 5.73 Å². The molecule has 1 unspecified atom stereocenters. The fourth-order valence-corrected chi connectivity index (χ4v) is 2.24. The molecule has 0 bridgehead atoms. The molecule has 0 radical (unpaired) electrons. The number of amides is 1. The molecule has 7 heteroatoms. The van der Waals surface area contributed by atoms with Crippen molar-refractivity contribution < 1.29 is 18.0 Å². The second-order valence-electron chi connectivity index (χ2n) is 5.19. The molecule has 3 N–H and O–H groups in total. The largest absolute Gasteiger partial charge is 0.434 e. The maximum absolute atomic E-state index is 13.0. The first-order valence-corrected chi connectivity index (χ1v) is 6.95. The number of benzene rings is 1. The van der Waals surface area contributed by atoms with Gasteiger partial charge >= 0.3 is 6.18 Å². The van der Waals surface area contributed by atoms with E-state index in [1.165, 1.54) is 6.07 Å². The average molecular weight is 323 g/mol. The molecule has 1 heterocycles. The van der Waals surface area contributed by atoms with Gasteiger partial charge in [0.1, 0.15) is 0 Å². The Labute approximate surface area is 131 Å². The number of nitrogens with zero attached hydrogens (tertiary/aromatic N) is 1. The van der Waals surface area contributed by atoms with Gasteiger partial charge in [0.2, 0.25) is 0 Å². The lowest BCUT2D eigenvalue weighted by molar-refractivity contribution is -0.141. The van der Waals surface area contributed by atoms with Crippen molar-refractivity contribution in [3.05, 3.63) is 59.4 Å². The van der Waals surface area contributed by atoms with Crippen molar-refractivity contribution in [2.24, 2.45) is 0 Å². The Hall–Kier alpha value is -2.57. The van der Waals surface area contributed by atoms with E-state index >= 15 is 0 Å². The standard InChI is InChI=1S/C16H16F3N3O/c1-10(9-11-5-3-2-4-6-11)22-15(23)13-12(20)7-8-21-14(13)16(17,18)19/h2-8,10H,9H2,1H3,(H2,20,21)(H,22,23). The molecule has 0 saturated heterocycles. The summed E-state index contributed by atoms with van der Waals surface area (Å²) in [5.74, 6) is -0.883. The molecule has 23 heavy (non-hydrogen) atoms. The van der Waals surface area contributed by atoms with E-state index in [1.807, 2.05) is 30.3 Å². The monoisotopic (exact) mass is 323 g/mol. The predicted octanol–water partition coefficient (Wildman–Crippen LogP) is 3.04. The van der Waals surface area contributed by atoms with Gasteiger partial charge in [-0.05, 0) is 25.0 Å². The molecule has 2 aromatic rings. The zero-order valence-corrected chi connectivity index (χ0v) is 12.4. The predicted molar refractivity (Wildman–Crippen MR) is 80.7 cm³/mol. The Balaban J connectivity index is 2.18. The summed E-state index contributed by atoms with van der Waals surface area (Å²) < 4.78 is 38.9. The molecular weight excluding hydrogens is 307 g/mol. The van der Waals surface area contributed by atoms with Crippen LogP contribution in [0.2, 0.25) is 0 Å². The number of anilines is 1. The van der Waals surface area contributed by atoms with Gasteiger partial charge in [0.15, 0.2) is 5.69 Å². The van der Waals surface area contributed by atoms with Crippen LogP contribution in [0.4, 0.5) is 18.9 Å². The van der Waals surface area contributed by atoms with Crippen molar-refractivity contribution >= 4 is 11.6 Å². The van der Waals surface area contributed by atoms with Crippen LogP contribution >= 0.6 is 0 Å². The summed E-state index contributed by atoms with van der Waals surface area (Å²) in [6.45, 7) is 1.71. The molecule has 122 valence electrons. The van der Waals surface area contributed by atoms with Crippen LogP contribution in [0, 0.1) is 0 Å². The Morgan fingerprint density at radius 3 is 2.52 bits per heavy atom. The Kier molecular flexibility index (Phi) is 4.88. The first kappa shape index (κ1) is 16.8. The molecule has 0 aliphatic heterocycles. The number of nitrogens with two attached hydrogens (primary N) is 1. The maximum atomic E-state index is 13.0. The Morgan fingerprint density at radius 2 is 1.91 bits per heavy atom. The third-order valence-corrected chi connectivity index (χ3v) is 3.24. The highest BCUT2D eigenvalue weighted by Gasteiger charge is 2.38. The van der Waals surface area contributed by atoms with Crippen molar-refractivity contribution in [3.8, 4) is 0 Å². The summed E-state index contributed by atoms with van der Waals surface area (Å²) in [7, 11) is 0. The lowest BCUT2D eigenvalue weighted by atomic mass is 10.1. The molecule has 0 fully saturated rings. The molecule has 1 atom stereocenters. The van der Waals surface area contributed by atoms with Crippen molar-refractivity contribution in [2.45, 2.75) is 25.6 Å². The van der Waals surface area contributed by atoms with Gasteiger partial charge in [0.05, 0.1) is 5.56 Å². The van der Waals surface area contributed by atoms with E-state index in [-0.39, 0.29) is 11.7 Å². The topological polar surface area (TPSA) is 68.0 Å². The van der Waals surface area contributed by atoms with E-state index < -0.39 is 23.3 Å². The second kappa shape index (κ2) is 6.68. The van der Waals surface area contributed by atoms with Crippen LogP contribution in [-0.4, -0.2) is 16.9 Å². The Morgan fingerprint density at radius 1 is 1.26 bits per heavy atom. The summed E-state index contributed by atoms with van der Waals surface area (Å²) >= 11 is 0. The van der Waals surface area contributed by atoms with Crippen LogP contribution in [0.15, 0.2) is 42.6 Å². The van der Waals surface area contributed by atoms with E-state index in [0.29, 0.717) is 6.42 Å². The summed E-state index contributed by atoms with van der Waals surface area (Å²) in [6.07, 6.45) is -3.32. The number of hydrogen-bond donors (Lipinski definition) is 2. The molecule has 1 amide bonds. The fourth-order valence-electron chi connectivity index (χ4n) is 2.24. The van der Waals surface area contributed by atoms with Gasteiger partial charge in [0.25, 0.3) is 5.91 Å². The first-order chi connectivity index (χ1) is 10.8. The first-order valence-electron chi connectivity index (χ1n) is 6.95. The quantitative estimate of drug-likeness (QED) is 0.909. The summed E-state index contributed by atoms with van der Waals surface area (Å²) in [4.78, 5) is 15.5. The molecule has 1 aromatic heterocycles. The zero-order valence-electron chi connectivity index (χ0n) is 12.4. The van der Waals surface area contributed by atoms with Gasteiger partial charge in [-0.1, -0.05) is 30.3 Å². The van der Waals surface area contributed by atoms with Gasteiger partial charge in [0, 0.05) is 17.9 Å². The lowest BCUT2D eigenvalue weighted by Gasteiger charge is -2.17. The van der Waals surface area contributed by atoms with Crippen molar-refractivity contribution in [3.63, 3.8) is 0 Å². The maximum Gasteiger partial charge on any atom is 0.434 e. The van der Waals surface area contributed by atoms with E-state index in [1.54, 1.807) is 6.92 Å². The van der Waals surface area contributed by atoms with Crippen LogP contribution in [0.3, 0.4) is 0 Å². The second-order valence-corrected chi connectivity index (χ2v) is 5.19. The third kappa shape index (κ3) is 4.21. The van der Waals surface area contributed by atoms with Gasteiger partial charge in [-0.3, -0.25) is 9.78 Å². The lowest BCUT2D eigenvalue weighted by Crippen LogP contribution is -2.36. The van der Waals surface area contributed by atoms with Gasteiger partial charge in [-0.25, -0.2) is 0 Å². The summed E-state index contributed by atoms with van der Waals surface area (Å²) in [6, 6.07) is 10.1. The molecule has 4 nitrogen and oxygen atoms in total. The highest BCUT2D eigenvalue weighted by atomic mass is 19.4. The SMILES string of the molecule is CC(Cc1ccccc1)NC(=O)c1c(N)ccnc1C(F)(F)F. The number of carbonyl (C=O) groups is 1. The number of aromatic nitrogens is 1. The normalized spacial score (nSPS) is 12.7. The number of nitrogen functional groups attached to an aromatic ring is 1. The minimum absolute atomic E-state index is 0.253. The molecule has 1 aromatic carbocycles. The number of carbonyl (C=O) groups excluding carboxylic acids is 1. The highest BCUT2D eigenvalue weighted by molar-refractivity contribution is 6.00. The highest BCUT2D eigenvalue weighted by Crippen LogP contribution is 2.32. The molecule has 0 aliphatic carbocycles. The fraction of sp³-hybridized carbons (Fsp3) is 0.250. The number of pyridine rings is 1. The average Bonchev–Trinajstić information content (AvgIpc) is 2.46. The minimum Gasteiger partial charge on any atom is -0.398 e. The molecule has 0 aliphatic rings. The molecule has 2 rings (SSSR count). The van der Waals surface area contributed by atoms with Crippen molar-refractivity contribution in [2.75, 3.05) is 5.73 Å². The number of alkyl halides is 3.